The van der Waals surface area contributed by atoms with Crippen LogP contribution >= 0.6 is 0 Å². The minimum Gasteiger partial charge on any atom is -0.362 e. The van der Waals surface area contributed by atoms with E-state index in [0.717, 1.165) is 17.8 Å². The van der Waals surface area contributed by atoms with E-state index in [1.54, 1.807) is 6.07 Å². The summed E-state index contributed by atoms with van der Waals surface area (Å²) in [5.74, 6) is 0. The first kappa shape index (κ1) is 9.99. The van der Waals surface area contributed by atoms with E-state index in [0.29, 0.717) is 5.56 Å². The molecule has 0 aliphatic rings. The average molecular weight is 180 g/mol. The molecule has 0 aliphatic carbocycles. The maximum atomic E-state index is 11.6. The molecule has 3 heteroatoms. The van der Waals surface area contributed by atoms with Gasteiger partial charge in [-0.1, -0.05) is 6.92 Å². The third-order valence-corrected chi connectivity index (χ3v) is 2.21. The summed E-state index contributed by atoms with van der Waals surface area (Å²) >= 11 is 0. The van der Waals surface area contributed by atoms with Gasteiger partial charge in [-0.25, -0.2) is 0 Å². The second-order valence-corrected chi connectivity index (χ2v) is 3.37. The van der Waals surface area contributed by atoms with E-state index in [2.05, 4.69) is 4.98 Å². The van der Waals surface area contributed by atoms with Crippen LogP contribution in [0.4, 0.5) is 0 Å². The van der Waals surface area contributed by atoms with Crippen LogP contribution in [0.3, 0.4) is 0 Å². The zero-order chi connectivity index (χ0) is 10.0. The number of pyridine rings is 1. The predicted molar refractivity (Wildman–Crippen MR) is 53.8 cm³/mol. The van der Waals surface area contributed by atoms with E-state index < -0.39 is 0 Å². The second kappa shape index (κ2) is 3.75. The highest BCUT2D eigenvalue weighted by atomic mass is 16.1. The van der Waals surface area contributed by atoms with E-state index in [4.69, 9.17) is 5.73 Å². The summed E-state index contributed by atoms with van der Waals surface area (Å²) in [6, 6.07) is 1.45. The average Bonchev–Trinajstić information content (AvgIpc) is 2.02. The number of hydrogen-bond acceptors (Lipinski definition) is 2. The topological polar surface area (TPSA) is 58.9 Å². The summed E-state index contributed by atoms with van der Waals surface area (Å²) in [6.45, 7) is 5.73. The Labute approximate surface area is 78.0 Å². The molecule has 3 N–H and O–H groups in total. The van der Waals surface area contributed by atoms with E-state index >= 15 is 0 Å². The first-order valence-corrected chi connectivity index (χ1v) is 4.52. The van der Waals surface area contributed by atoms with Gasteiger partial charge in [0.15, 0.2) is 5.43 Å². The van der Waals surface area contributed by atoms with Crippen molar-refractivity contribution in [2.75, 3.05) is 0 Å². The second-order valence-electron chi connectivity index (χ2n) is 3.37. The molecular weight excluding hydrogens is 164 g/mol. The molecule has 3 nitrogen and oxygen atoms in total. The summed E-state index contributed by atoms with van der Waals surface area (Å²) in [5, 5.41) is 0. The number of aromatic amines is 1. The van der Waals surface area contributed by atoms with Crippen LogP contribution in [0.5, 0.6) is 0 Å². The quantitative estimate of drug-likeness (QED) is 0.722. The van der Waals surface area contributed by atoms with Gasteiger partial charge >= 0.3 is 0 Å². The van der Waals surface area contributed by atoms with Gasteiger partial charge in [0.2, 0.25) is 0 Å². The van der Waals surface area contributed by atoms with Gasteiger partial charge in [-0.05, 0) is 20.3 Å². The number of hydrogen-bond donors (Lipinski definition) is 2. The highest BCUT2D eigenvalue weighted by molar-refractivity contribution is 5.24. The number of nitrogens with two attached hydrogens (primary N) is 1. The molecule has 13 heavy (non-hydrogen) atoms. The zero-order valence-corrected chi connectivity index (χ0v) is 8.35. The molecule has 0 saturated carbocycles. The highest BCUT2D eigenvalue weighted by Crippen LogP contribution is 2.12. The lowest BCUT2D eigenvalue weighted by atomic mass is 10.0. The fourth-order valence-corrected chi connectivity index (χ4v) is 1.52. The molecule has 0 aliphatic heterocycles. The number of nitrogens with one attached hydrogen (secondary N) is 1. The van der Waals surface area contributed by atoms with Gasteiger partial charge in [0.25, 0.3) is 0 Å². The molecule has 0 saturated heterocycles. The Morgan fingerprint density at radius 1 is 1.54 bits per heavy atom. The van der Waals surface area contributed by atoms with E-state index in [1.165, 1.54) is 0 Å². The number of aromatic nitrogens is 1. The van der Waals surface area contributed by atoms with Crippen molar-refractivity contribution in [3.63, 3.8) is 0 Å². The van der Waals surface area contributed by atoms with Crippen LogP contribution in [-0.4, -0.2) is 4.98 Å². The van der Waals surface area contributed by atoms with E-state index in [-0.39, 0.29) is 11.5 Å². The van der Waals surface area contributed by atoms with Crippen LogP contribution < -0.4 is 11.2 Å². The summed E-state index contributed by atoms with van der Waals surface area (Å²) < 4.78 is 0. The Kier molecular flexibility index (Phi) is 2.88. The van der Waals surface area contributed by atoms with Crippen LogP contribution in [0.25, 0.3) is 0 Å². The number of aryl methyl sites for hydroxylation is 2. The Balaban J connectivity index is 3.29. The standard InChI is InChI=1S/C10H16N2O/c1-4-8(11)10-7(3)12-6(2)5-9(10)13/h5,8H,4,11H2,1-3H3,(H,12,13)/t8-/m1/s1. The first-order valence-electron chi connectivity index (χ1n) is 4.52. The largest absolute Gasteiger partial charge is 0.362 e. The Bertz CT molecular complexity index is 354. The molecule has 1 aromatic rings. The van der Waals surface area contributed by atoms with Crippen molar-refractivity contribution in [2.24, 2.45) is 5.73 Å². The maximum Gasteiger partial charge on any atom is 0.186 e. The normalized spacial score (nSPS) is 12.9. The third-order valence-electron chi connectivity index (χ3n) is 2.21. The van der Waals surface area contributed by atoms with Gasteiger partial charge in [0, 0.05) is 29.1 Å². The van der Waals surface area contributed by atoms with Crippen molar-refractivity contribution in [1.82, 2.24) is 4.98 Å². The zero-order valence-electron chi connectivity index (χ0n) is 8.35. The molecule has 0 amide bonds. The van der Waals surface area contributed by atoms with Crippen molar-refractivity contribution in [2.45, 2.75) is 33.2 Å². The lowest BCUT2D eigenvalue weighted by molar-refractivity contribution is 0.682. The molecule has 0 unspecified atom stereocenters. The maximum absolute atomic E-state index is 11.6. The van der Waals surface area contributed by atoms with E-state index in [1.807, 2.05) is 20.8 Å². The SMILES string of the molecule is CC[C@@H](N)c1c(C)[nH]c(C)cc1=O. The van der Waals surface area contributed by atoms with E-state index in [9.17, 15) is 4.79 Å². The van der Waals surface area contributed by atoms with Crippen LogP contribution in [0.15, 0.2) is 10.9 Å². The number of rotatable bonds is 2. The molecule has 1 atom stereocenters. The van der Waals surface area contributed by atoms with Gasteiger partial charge in [0.05, 0.1) is 0 Å². The van der Waals surface area contributed by atoms with Crippen LogP contribution in [0.2, 0.25) is 0 Å². The predicted octanol–water partition coefficient (Wildman–Crippen LogP) is 1.40. The minimum absolute atomic E-state index is 0.0445. The third kappa shape index (κ3) is 1.98. The van der Waals surface area contributed by atoms with Crippen molar-refractivity contribution in [3.8, 4) is 0 Å². The number of H-pyrrole nitrogens is 1. The highest BCUT2D eigenvalue weighted by Gasteiger charge is 2.11. The molecule has 0 fully saturated rings. The summed E-state index contributed by atoms with van der Waals surface area (Å²) in [7, 11) is 0. The fourth-order valence-electron chi connectivity index (χ4n) is 1.52. The molecule has 1 heterocycles. The van der Waals surface area contributed by atoms with Gasteiger partial charge in [-0.15, -0.1) is 0 Å². The fraction of sp³-hybridized carbons (Fsp3) is 0.500. The van der Waals surface area contributed by atoms with Gasteiger partial charge < -0.3 is 10.7 Å². The van der Waals surface area contributed by atoms with Gasteiger partial charge in [-0.3, -0.25) is 4.79 Å². The van der Waals surface area contributed by atoms with Crippen molar-refractivity contribution in [1.29, 1.82) is 0 Å². The van der Waals surface area contributed by atoms with Crippen molar-refractivity contribution >= 4 is 0 Å². The first-order chi connectivity index (χ1) is 6.06. The van der Waals surface area contributed by atoms with Gasteiger partial charge in [-0.2, -0.15) is 0 Å². The Hall–Kier alpha value is -1.09. The summed E-state index contributed by atoms with van der Waals surface area (Å²) in [6.07, 6.45) is 0.785. The molecule has 0 spiro atoms. The molecule has 0 bridgehead atoms. The lowest BCUT2D eigenvalue weighted by Gasteiger charge is -2.11. The molecule has 0 aromatic carbocycles. The molecular formula is C10H16N2O. The Morgan fingerprint density at radius 2 is 2.15 bits per heavy atom. The smallest absolute Gasteiger partial charge is 0.186 e. The monoisotopic (exact) mass is 180 g/mol. The molecule has 72 valence electrons. The van der Waals surface area contributed by atoms with Crippen LogP contribution in [0.1, 0.15) is 36.3 Å². The van der Waals surface area contributed by atoms with Crippen LogP contribution in [-0.2, 0) is 0 Å². The summed E-state index contributed by atoms with van der Waals surface area (Å²) in [5.41, 5.74) is 8.36. The molecule has 0 radical (unpaired) electrons. The molecule has 1 aromatic heterocycles. The van der Waals surface area contributed by atoms with Crippen molar-refractivity contribution in [3.05, 3.63) is 33.2 Å². The summed E-state index contributed by atoms with van der Waals surface area (Å²) in [4.78, 5) is 14.7. The Morgan fingerprint density at radius 3 is 2.62 bits per heavy atom. The lowest BCUT2D eigenvalue weighted by Crippen LogP contribution is -2.21. The van der Waals surface area contributed by atoms with Gasteiger partial charge in [0.1, 0.15) is 0 Å². The minimum atomic E-state index is -0.149. The molecule has 1 rings (SSSR count). The van der Waals surface area contributed by atoms with Crippen molar-refractivity contribution < 1.29 is 0 Å². The van der Waals surface area contributed by atoms with Crippen LogP contribution in [0, 0.1) is 13.8 Å².